The monoisotopic (exact) mass is 169 g/mol. The molecule has 12 heavy (non-hydrogen) atoms. The van der Waals surface area contributed by atoms with Gasteiger partial charge in [0.1, 0.15) is 0 Å². The zero-order chi connectivity index (χ0) is 8.97. The van der Waals surface area contributed by atoms with Crippen LogP contribution in [0, 0.1) is 5.92 Å². The topological polar surface area (TPSA) is 32.3 Å². The van der Waals surface area contributed by atoms with Gasteiger partial charge in [-0.1, -0.05) is 25.5 Å². The zero-order valence-corrected chi connectivity index (χ0v) is 8.01. The van der Waals surface area contributed by atoms with E-state index < -0.39 is 0 Å². The van der Waals surface area contributed by atoms with Crippen LogP contribution in [-0.2, 0) is 0 Å². The first-order chi connectivity index (χ1) is 5.74. The van der Waals surface area contributed by atoms with Crippen molar-refractivity contribution in [2.75, 3.05) is 13.2 Å². The van der Waals surface area contributed by atoms with Crippen LogP contribution in [0.1, 0.15) is 26.7 Å². The predicted molar refractivity (Wildman–Crippen MR) is 51.0 cm³/mol. The lowest BCUT2D eigenvalue weighted by Crippen LogP contribution is -2.31. The minimum absolute atomic E-state index is 0.263. The van der Waals surface area contributed by atoms with Gasteiger partial charge in [0, 0.05) is 12.6 Å². The molecule has 0 aromatic rings. The fraction of sp³-hybridized carbons (Fsp3) is 0.800. The van der Waals surface area contributed by atoms with E-state index >= 15 is 0 Å². The molecule has 1 rings (SSSR count). The Kier molecular flexibility index (Phi) is 3.76. The standard InChI is InChI=1S/C10H19NO/c1-8(2)9-3-4-10(7-12)11-6-5-9/h5,8,10-12H,3-4,6-7H2,1-2H3. The summed E-state index contributed by atoms with van der Waals surface area (Å²) in [5.41, 5.74) is 1.53. The van der Waals surface area contributed by atoms with E-state index in [4.69, 9.17) is 5.11 Å². The minimum Gasteiger partial charge on any atom is -0.395 e. The van der Waals surface area contributed by atoms with E-state index in [1.165, 1.54) is 5.57 Å². The number of hydrogen-bond acceptors (Lipinski definition) is 2. The van der Waals surface area contributed by atoms with Crippen molar-refractivity contribution < 1.29 is 5.11 Å². The maximum Gasteiger partial charge on any atom is 0.0584 e. The van der Waals surface area contributed by atoms with Crippen LogP contribution in [0.5, 0.6) is 0 Å². The second-order valence-corrected chi connectivity index (χ2v) is 3.76. The first kappa shape index (κ1) is 9.75. The third-order valence-corrected chi connectivity index (χ3v) is 2.51. The Labute approximate surface area is 74.7 Å². The maximum absolute atomic E-state index is 8.96. The molecule has 0 aliphatic carbocycles. The van der Waals surface area contributed by atoms with Gasteiger partial charge in [-0.05, 0) is 18.8 Å². The number of nitrogens with one attached hydrogen (secondary N) is 1. The maximum atomic E-state index is 8.96. The van der Waals surface area contributed by atoms with Crippen LogP contribution < -0.4 is 5.32 Å². The highest BCUT2D eigenvalue weighted by Gasteiger charge is 2.12. The second-order valence-electron chi connectivity index (χ2n) is 3.76. The van der Waals surface area contributed by atoms with Crippen molar-refractivity contribution >= 4 is 0 Å². The third kappa shape index (κ3) is 2.61. The summed E-state index contributed by atoms with van der Waals surface area (Å²) < 4.78 is 0. The second kappa shape index (κ2) is 4.63. The highest BCUT2D eigenvalue weighted by atomic mass is 16.3. The number of hydrogen-bond donors (Lipinski definition) is 2. The van der Waals surface area contributed by atoms with Crippen LogP contribution in [0.25, 0.3) is 0 Å². The van der Waals surface area contributed by atoms with Crippen molar-refractivity contribution in [3.8, 4) is 0 Å². The normalized spacial score (nSPS) is 25.3. The van der Waals surface area contributed by atoms with Gasteiger partial charge in [0.25, 0.3) is 0 Å². The molecule has 2 nitrogen and oxygen atoms in total. The van der Waals surface area contributed by atoms with E-state index in [1.54, 1.807) is 0 Å². The molecule has 70 valence electrons. The molecule has 0 aromatic heterocycles. The third-order valence-electron chi connectivity index (χ3n) is 2.51. The van der Waals surface area contributed by atoms with Gasteiger partial charge < -0.3 is 10.4 Å². The zero-order valence-electron chi connectivity index (χ0n) is 8.01. The van der Waals surface area contributed by atoms with Crippen molar-refractivity contribution in [2.24, 2.45) is 5.92 Å². The van der Waals surface area contributed by atoms with Crippen molar-refractivity contribution in [2.45, 2.75) is 32.7 Å². The van der Waals surface area contributed by atoms with Crippen molar-refractivity contribution in [3.63, 3.8) is 0 Å². The Morgan fingerprint density at radius 3 is 3.00 bits per heavy atom. The molecule has 0 bridgehead atoms. The minimum atomic E-state index is 0.263. The Morgan fingerprint density at radius 1 is 1.67 bits per heavy atom. The Hall–Kier alpha value is -0.340. The fourth-order valence-corrected chi connectivity index (χ4v) is 1.58. The van der Waals surface area contributed by atoms with Gasteiger partial charge in [-0.3, -0.25) is 0 Å². The van der Waals surface area contributed by atoms with Crippen LogP contribution in [0.2, 0.25) is 0 Å². The molecule has 2 N–H and O–H groups in total. The van der Waals surface area contributed by atoms with Gasteiger partial charge >= 0.3 is 0 Å². The summed E-state index contributed by atoms with van der Waals surface area (Å²) in [6, 6.07) is 0.303. The molecule has 1 heterocycles. The lowest BCUT2D eigenvalue weighted by atomic mass is 9.97. The average molecular weight is 169 g/mol. The predicted octanol–water partition coefficient (Wildman–Crippen LogP) is 1.31. The molecule has 2 heteroatoms. The first-order valence-corrected chi connectivity index (χ1v) is 4.77. The molecule has 1 atom stereocenters. The molecule has 0 aromatic carbocycles. The number of aliphatic hydroxyl groups excluding tert-OH is 1. The van der Waals surface area contributed by atoms with Crippen LogP contribution in [0.4, 0.5) is 0 Å². The average Bonchev–Trinajstić information content (AvgIpc) is 2.28. The summed E-state index contributed by atoms with van der Waals surface area (Å²) >= 11 is 0. The van der Waals surface area contributed by atoms with Crippen LogP contribution in [0.15, 0.2) is 11.6 Å². The Balaban J connectivity index is 2.44. The molecule has 1 aliphatic rings. The Morgan fingerprint density at radius 2 is 2.42 bits per heavy atom. The van der Waals surface area contributed by atoms with Crippen LogP contribution in [-0.4, -0.2) is 24.3 Å². The molecule has 0 amide bonds. The summed E-state index contributed by atoms with van der Waals surface area (Å²) in [6.45, 7) is 5.63. The molecular weight excluding hydrogens is 150 g/mol. The molecular formula is C10H19NO. The van der Waals surface area contributed by atoms with Gasteiger partial charge in [0.05, 0.1) is 6.61 Å². The smallest absolute Gasteiger partial charge is 0.0584 e. The highest BCUT2D eigenvalue weighted by Crippen LogP contribution is 2.18. The summed E-state index contributed by atoms with van der Waals surface area (Å²) in [5, 5.41) is 12.2. The molecule has 0 saturated heterocycles. The quantitative estimate of drug-likeness (QED) is 0.611. The number of allylic oxidation sites excluding steroid dienone is 1. The SMILES string of the molecule is CC(C)C1=CCNC(CO)CC1. The first-order valence-electron chi connectivity index (χ1n) is 4.77. The Bertz CT molecular complexity index is 163. The van der Waals surface area contributed by atoms with Crippen molar-refractivity contribution in [3.05, 3.63) is 11.6 Å². The molecule has 0 radical (unpaired) electrons. The van der Waals surface area contributed by atoms with Gasteiger partial charge in [-0.25, -0.2) is 0 Å². The van der Waals surface area contributed by atoms with E-state index in [-0.39, 0.29) is 6.61 Å². The lowest BCUT2D eigenvalue weighted by Gasteiger charge is -2.12. The van der Waals surface area contributed by atoms with Crippen molar-refractivity contribution in [1.29, 1.82) is 0 Å². The molecule has 1 unspecified atom stereocenters. The summed E-state index contributed by atoms with van der Waals surface area (Å²) in [4.78, 5) is 0. The molecule has 1 aliphatic heterocycles. The highest BCUT2D eigenvalue weighted by molar-refractivity contribution is 5.08. The lowest BCUT2D eigenvalue weighted by molar-refractivity contribution is 0.240. The summed E-state index contributed by atoms with van der Waals surface area (Å²) in [6.07, 6.45) is 4.47. The van der Waals surface area contributed by atoms with E-state index in [9.17, 15) is 0 Å². The molecule has 0 saturated carbocycles. The fourth-order valence-electron chi connectivity index (χ4n) is 1.58. The van der Waals surface area contributed by atoms with Gasteiger partial charge in [-0.15, -0.1) is 0 Å². The van der Waals surface area contributed by atoms with Gasteiger partial charge in [-0.2, -0.15) is 0 Å². The number of aliphatic hydroxyl groups is 1. The van der Waals surface area contributed by atoms with Crippen LogP contribution in [0.3, 0.4) is 0 Å². The van der Waals surface area contributed by atoms with E-state index in [1.807, 2.05) is 0 Å². The molecule has 0 fully saturated rings. The van der Waals surface area contributed by atoms with E-state index in [0.29, 0.717) is 12.0 Å². The number of rotatable bonds is 2. The van der Waals surface area contributed by atoms with Gasteiger partial charge in [0.15, 0.2) is 0 Å². The largest absolute Gasteiger partial charge is 0.395 e. The summed E-state index contributed by atoms with van der Waals surface area (Å²) in [5.74, 6) is 0.657. The van der Waals surface area contributed by atoms with Crippen LogP contribution >= 0.6 is 0 Å². The molecule has 0 spiro atoms. The van der Waals surface area contributed by atoms with Crippen molar-refractivity contribution in [1.82, 2.24) is 5.32 Å². The summed E-state index contributed by atoms with van der Waals surface area (Å²) in [7, 11) is 0. The van der Waals surface area contributed by atoms with E-state index in [2.05, 4.69) is 25.2 Å². The van der Waals surface area contributed by atoms with Gasteiger partial charge in [0.2, 0.25) is 0 Å². The van der Waals surface area contributed by atoms with E-state index in [0.717, 1.165) is 19.4 Å².